The zero-order valence-electron chi connectivity index (χ0n) is 9.43. The Labute approximate surface area is 101 Å². The predicted octanol–water partition coefficient (Wildman–Crippen LogP) is 0.532. The quantitative estimate of drug-likeness (QED) is 0.851. The van der Waals surface area contributed by atoms with Gasteiger partial charge in [0.2, 0.25) is 5.91 Å². The molecule has 0 bridgehead atoms. The van der Waals surface area contributed by atoms with Crippen molar-refractivity contribution in [3.8, 4) is 0 Å². The van der Waals surface area contributed by atoms with E-state index in [4.69, 9.17) is 0 Å². The topological polar surface area (TPSA) is 63.2 Å². The van der Waals surface area contributed by atoms with Gasteiger partial charge < -0.3 is 5.32 Å². The van der Waals surface area contributed by atoms with Gasteiger partial charge in [-0.25, -0.2) is 8.42 Å². The van der Waals surface area contributed by atoms with Gasteiger partial charge in [0.25, 0.3) is 0 Å². The Bertz CT molecular complexity index is 484. The Kier molecular flexibility index (Phi) is 3.47. The summed E-state index contributed by atoms with van der Waals surface area (Å²) in [6, 6.07) is 9.57. The first kappa shape index (κ1) is 12.1. The Morgan fingerprint density at radius 2 is 1.88 bits per heavy atom. The molecule has 1 aliphatic heterocycles. The highest BCUT2D eigenvalue weighted by atomic mass is 32.2. The first-order valence-corrected chi connectivity index (χ1v) is 7.41. The molecular weight excluding hydrogens is 238 g/mol. The molecule has 0 atom stereocenters. The third-order valence-corrected chi connectivity index (χ3v) is 4.58. The third-order valence-electron chi connectivity index (χ3n) is 2.76. The van der Waals surface area contributed by atoms with E-state index in [1.807, 2.05) is 30.3 Å². The molecule has 4 nitrogen and oxygen atoms in total. The van der Waals surface area contributed by atoms with Crippen molar-refractivity contribution in [1.82, 2.24) is 5.32 Å². The van der Waals surface area contributed by atoms with Crippen LogP contribution < -0.4 is 5.32 Å². The number of nitrogens with one attached hydrogen (secondary N) is 1. The van der Waals surface area contributed by atoms with Gasteiger partial charge in [-0.15, -0.1) is 0 Å². The Hall–Kier alpha value is -1.36. The number of carbonyl (C=O) groups is 1. The van der Waals surface area contributed by atoms with Crippen LogP contribution in [0, 0.1) is 0 Å². The maximum atomic E-state index is 11.5. The van der Waals surface area contributed by atoms with Crippen LogP contribution in [-0.4, -0.2) is 31.9 Å². The first-order valence-electron chi connectivity index (χ1n) is 5.59. The van der Waals surface area contributed by atoms with E-state index in [9.17, 15) is 13.2 Å². The van der Waals surface area contributed by atoms with Crippen molar-refractivity contribution in [3.63, 3.8) is 0 Å². The van der Waals surface area contributed by atoms with Gasteiger partial charge in [-0.05, 0) is 12.0 Å². The van der Waals surface area contributed by atoms with Crippen LogP contribution >= 0.6 is 0 Å². The molecule has 1 amide bonds. The van der Waals surface area contributed by atoms with Crippen LogP contribution in [0.3, 0.4) is 0 Å². The van der Waals surface area contributed by atoms with Gasteiger partial charge in [0.1, 0.15) is 0 Å². The molecule has 0 aliphatic carbocycles. The highest BCUT2D eigenvalue weighted by Gasteiger charge is 2.33. The molecule has 1 N–H and O–H groups in total. The average molecular weight is 253 g/mol. The largest absolute Gasteiger partial charge is 0.351 e. The number of benzene rings is 1. The van der Waals surface area contributed by atoms with Crippen LogP contribution in [0.15, 0.2) is 30.3 Å². The molecule has 17 heavy (non-hydrogen) atoms. The monoisotopic (exact) mass is 253 g/mol. The number of carbonyl (C=O) groups excluding carboxylic acids is 1. The van der Waals surface area contributed by atoms with Crippen LogP contribution in [0.4, 0.5) is 0 Å². The van der Waals surface area contributed by atoms with E-state index < -0.39 is 9.84 Å². The zero-order valence-corrected chi connectivity index (χ0v) is 10.2. The van der Waals surface area contributed by atoms with E-state index >= 15 is 0 Å². The lowest BCUT2D eigenvalue weighted by Crippen LogP contribution is -2.52. The molecule has 0 spiro atoms. The summed E-state index contributed by atoms with van der Waals surface area (Å²) < 4.78 is 21.8. The van der Waals surface area contributed by atoms with Gasteiger partial charge in [0.15, 0.2) is 9.84 Å². The fourth-order valence-electron chi connectivity index (χ4n) is 1.85. The van der Waals surface area contributed by atoms with Crippen molar-refractivity contribution in [2.45, 2.75) is 18.9 Å². The minimum absolute atomic E-state index is 0.0752. The van der Waals surface area contributed by atoms with Crippen LogP contribution in [0.25, 0.3) is 0 Å². The summed E-state index contributed by atoms with van der Waals surface area (Å²) in [7, 11) is -2.86. The van der Waals surface area contributed by atoms with Gasteiger partial charge in [-0.1, -0.05) is 30.3 Å². The average Bonchev–Trinajstić information content (AvgIpc) is 2.25. The fourth-order valence-corrected chi connectivity index (χ4v) is 3.15. The van der Waals surface area contributed by atoms with Crippen LogP contribution in [0.5, 0.6) is 0 Å². The Morgan fingerprint density at radius 3 is 2.47 bits per heavy atom. The van der Waals surface area contributed by atoms with Crippen molar-refractivity contribution >= 4 is 15.7 Å². The number of hydrogen-bond donors (Lipinski definition) is 1. The van der Waals surface area contributed by atoms with Crippen molar-refractivity contribution in [3.05, 3.63) is 35.9 Å². The van der Waals surface area contributed by atoms with E-state index in [1.165, 1.54) is 0 Å². The highest BCUT2D eigenvalue weighted by molar-refractivity contribution is 7.92. The van der Waals surface area contributed by atoms with E-state index in [0.29, 0.717) is 12.8 Å². The number of amides is 1. The number of rotatable bonds is 4. The maximum Gasteiger partial charge on any atom is 0.220 e. The van der Waals surface area contributed by atoms with Gasteiger partial charge >= 0.3 is 0 Å². The van der Waals surface area contributed by atoms with Crippen molar-refractivity contribution in [1.29, 1.82) is 0 Å². The minimum atomic E-state index is -2.86. The van der Waals surface area contributed by atoms with Gasteiger partial charge in [-0.2, -0.15) is 0 Å². The summed E-state index contributed by atoms with van der Waals surface area (Å²) in [5.41, 5.74) is 1.11. The number of aryl methyl sites for hydroxylation is 1. The molecule has 1 heterocycles. The minimum Gasteiger partial charge on any atom is -0.351 e. The first-order chi connectivity index (χ1) is 8.05. The molecular formula is C12H15NO3S. The van der Waals surface area contributed by atoms with Crippen molar-refractivity contribution in [2.75, 3.05) is 11.5 Å². The third kappa shape index (κ3) is 3.56. The van der Waals surface area contributed by atoms with E-state index in [1.54, 1.807) is 0 Å². The predicted molar refractivity (Wildman–Crippen MR) is 65.3 cm³/mol. The normalized spacial score (nSPS) is 18.4. The molecule has 1 saturated heterocycles. The smallest absolute Gasteiger partial charge is 0.220 e. The molecule has 2 rings (SSSR count). The Balaban J connectivity index is 1.72. The molecule has 5 heteroatoms. The summed E-state index contributed by atoms with van der Waals surface area (Å²) in [5.74, 6) is 0.0995. The van der Waals surface area contributed by atoms with Crippen molar-refractivity contribution < 1.29 is 13.2 Å². The second-order valence-corrected chi connectivity index (χ2v) is 6.48. The van der Waals surface area contributed by atoms with E-state index in [0.717, 1.165) is 5.56 Å². The van der Waals surface area contributed by atoms with E-state index in [2.05, 4.69) is 5.32 Å². The summed E-state index contributed by atoms with van der Waals surface area (Å²) >= 11 is 0. The fraction of sp³-hybridized carbons (Fsp3) is 0.417. The Morgan fingerprint density at radius 1 is 1.24 bits per heavy atom. The summed E-state index contributed by atoms with van der Waals surface area (Å²) in [4.78, 5) is 11.5. The van der Waals surface area contributed by atoms with E-state index in [-0.39, 0.29) is 23.5 Å². The lowest BCUT2D eigenvalue weighted by Gasteiger charge is -2.26. The highest BCUT2D eigenvalue weighted by Crippen LogP contribution is 2.10. The number of hydrogen-bond acceptors (Lipinski definition) is 3. The molecule has 92 valence electrons. The molecule has 1 fully saturated rings. The van der Waals surface area contributed by atoms with Gasteiger partial charge in [0, 0.05) is 6.42 Å². The molecule has 0 aromatic heterocycles. The molecule has 0 radical (unpaired) electrons. The molecule has 1 aliphatic rings. The second-order valence-electron chi connectivity index (χ2n) is 4.33. The zero-order chi connectivity index (χ0) is 12.3. The standard InChI is InChI=1S/C12H15NO3S/c14-12(13-11-8-17(15,16)9-11)7-6-10-4-2-1-3-5-10/h1-5,11H,6-9H2,(H,13,14). The number of sulfone groups is 1. The van der Waals surface area contributed by atoms with Crippen LogP contribution in [-0.2, 0) is 21.1 Å². The molecule has 1 aromatic carbocycles. The SMILES string of the molecule is O=C(CCc1ccccc1)NC1CS(=O)(=O)C1. The summed E-state index contributed by atoms with van der Waals surface area (Å²) in [6.45, 7) is 0. The second kappa shape index (κ2) is 4.87. The van der Waals surface area contributed by atoms with Crippen molar-refractivity contribution in [2.24, 2.45) is 0 Å². The molecule has 1 aromatic rings. The maximum absolute atomic E-state index is 11.5. The molecule has 0 saturated carbocycles. The summed E-state index contributed by atoms with van der Waals surface area (Å²) in [5, 5.41) is 2.72. The summed E-state index contributed by atoms with van der Waals surface area (Å²) in [6.07, 6.45) is 1.09. The van der Waals surface area contributed by atoms with Gasteiger partial charge in [0.05, 0.1) is 17.5 Å². The lowest BCUT2D eigenvalue weighted by atomic mass is 10.1. The lowest BCUT2D eigenvalue weighted by molar-refractivity contribution is -0.121. The van der Waals surface area contributed by atoms with Gasteiger partial charge in [-0.3, -0.25) is 4.79 Å². The van der Waals surface area contributed by atoms with Crippen LogP contribution in [0.1, 0.15) is 12.0 Å². The molecule has 0 unspecified atom stereocenters. The van der Waals surface area contributed by atoms with Crippen LogP contribution in [0.2, 0.25) is 0 Å².